The summed E-state index contributed by atoms with van der Waals surface area (Å²) in [7, 11) is -3.20. The highest BCUT2D eigenvalue weighted by molar-refractivity contribution is 8.00. The van der Waals surface area contributed by atoms with Crippen molar-refractivity contribution in [2.75, 3.05) is 18.6 Å². The van der Waals surface area contributed by atoms with Crippen LogP contribution in [0, 0.1) is 0 Å². The van der Waals surface area contributed by atoms with Crippen LogP contribution < -0.4 is 5.32 Å². The quantitative estimate of drug-likeness (QED) is 0.860. The Hall–Kier alpha value is -0.630. The molecular weight excluding hydrogens is 349 g/mol. The minimum Gasteiger partial charge on any atom is -0.359 e. The fourth-order valence-corrected chi connectivity index (χ4v) is 5.02. The lowest BCUT2D eigenvalue weighted by molar-refractivity contribution is -0.0503. The van der Waals surface area contributed by atoms with Gasteiger partial charge in [0.15, 0.2) is 9.84 Å². The maximum atomic E-state index is 14.2. The fourth-order valence-electron chi connectivity index (χ4n) is 3.21. The van der Waals surface area contributed by atoms with E-state index in [9.17, 15) is 12.8 Å². The van der Waals surface area contributed by atoms with Crippen LogP contribution in [0.2, 0.25) is 0 Å². The third kappa shape index (κ3) is 4.50. The molecule has 3 rings (SSSR count). The van der Waals surface area contributed by atoms with Crippen molar-refractivity contribution in [1.29, 1.82) is 0 Å². The topological polar surface area (TPSA) is 55.4 Å². The largest absolute Gasteiger partial charge is 0.359 e. The van der Waals surface area contributed by atoms with E-state index in [0.717, 1.165) is 12.0 Å². The molecule has 7 heteroatoms. The number of benzene rings is 1. The number of hydrogen-bond donors (Lipinski definition) is 1. The third-order valence-corrected chi connectivity index (χ3v) is 7.12. The Bertz CT molecular complexity index is 644. The average Bonchev–Trinajstić information content (AvgIpc) is 3.07. The first-order valence-electron chi connectivity index (χ1n) is 8.37. The lowest BCUT2D eigenvalue weighted by Gasteiger charge is -2.34. The van der Waals surface area contributed by atoms with Gasteiger partial charge in [-0.2, -0.15) is 11.8 Å². The molecule has 2 heterocycles. The van der Waals surface area contributed by atoms with Gasteiger partial charge in [-0.1, -0.05) is 12.1 Å². The van der Waals surface area contributed by atoms with Crippen LogP contribution >= 0.6 is 11.8 Å². The molecule has 0 aromatic heterocycles. The summed E-state index contributed by atoms with van der Waals surface area (Å²) in [5.41, 5.74) is 0.971. The maximum Gasteiger partial charge on any atom is 0.175 e. The molecule has 1 aromatic rings. The molecule has 0 spiro atoms. The van der Waals surface area contributed by atoms with Gasteiger partial charge in [0.05, 0.1) is 11.5 Å². The summed E-state index contributed by atoms with van der Waals surface area (Å²) in [5, 5.41) is 3.73. The molecule has 2 aliphatic rings. The number of halogens is 1. The highest BCUT2D eigenvalue weighted by atomic mass is 32.2. The summed E-state index contributed by atoms with van der Waals surface area (Å²) < 4.78 is 43.0. The van der Waals surface area contributed by atoms with Crippen LogP contribution in [-0.2, 0) is 14.6 Å². The number of nitrogens with one attached hydrogen (secondary N) is 1. The second kappa shape index (κ2) is 7.72. The summed E-state index contributed by atoms with van der Waals surface area (Å²) >= 11 is 1.90. The van der Waals surface area contributed by atoms with E-state index in [4.69, 9.17) is 4.74 Å². The van der Waals surface area contributed by atoms with Crippen molar-refractivity contribution in [3.63, 3.8) is 0 Å². The number of hydrogen-bond acceptors (Lipinski definition) is 5. The molecule has 1 N–H and O–H groups in total. The Morgan fingerprint density at radius 3 is 2.62 bits per heavy atom. The van der Waals surface area contributed by atoms with Gasteiger partial charge in [0.1, 0.15) is 12.4 Å². The molecule has 0 radical (unpaired) electrons. The van der Waals surface area contributed by atoms with Gasteiger partial charge in [-0.05, 0) is 49.1 Å². The van der Waals surface area contributed by atoms with Crippen LogP contribution in [0.5, 0.6) is 0 Å². The Labute approximate surface area is 147 Å². The fraction of sp³-hybridized carbons (Fsp3) is 0.647. The summed E-state index contributed by atoms with van der Waals surface area (Å²) in [6.45, 7) is 0.586. The first-order valence-corrected chi connectivity index (χ1v) is 11.3. The van der Waals surface area contributed by atoms with Gasteiger partial charge < -0.3 is 4.74 Å². The van der Waals surface area contributed by atoms with E-state index in [2.05, 4.69) is 5.32 Å². The van der Waals surface area contributed by atoms with E-state index in [-0.39, 0.29) is 6.04 Å². The first-order chi connectivity index (χ1) is 11.4. The monoisotopic (exact) mass is 373 g/mol. The van der Waals surface area contributed by atoms with Crippen molar-refractivity contribution in [2.24, 2.45) is 0 Å². The van der Waals surface area contributed by atoms with Gasteiger partial charge >= 0.3 is 0 Å². The molecular formula is C17H24FNO3S2. The normalized spacial score (nSPS) is 31.2. The summed E-state index contributed by atoms with van der Waals surface area (Å²) in [5.74, 6) is 1.17. The van der Waals surface area contributed by atoms with Crippen LogP contribution in [0.4, 0.5) is 4.39 Å². The second-order valence-electron chi connectivity index (χ2n) is 6.54. The van der Waals surface area contributed by atoms with Gasteiger partial charge in [0.25, 0.3) is 0 Å². The first kappa shape index (κ1) is 18.2. The molecule has 1 aromatic carbocycles. The maximum absolute atomic E-state index is 14.2. The predicted octanol–water partition coefficient (Wildman–Crippen LogP) is 3.09. The van der Waals surface area contributed by atoms with Gasteiger partial charge in [-0.3, -0.25) is 5.32 Å². The van der Waals surface area contributed by atoms with E-state index >= 15 is 0 Å². The van der Waals surface area contributed by atoms with E-state index in [1.165, 1.54) is 18.4 Å². The molecule has 0 bridgehead atoms. The summed E-state index contributed by atoms with van der Waals surface area (Å²) in [6, 6.07) is 6.82. The van der Waals surface area contributed by atoms with Gasteiger partial charge in [0.2, 0.25) is 0 Å². The number of piperidine rings is 1. The molecule has 4 atom stereocenters. The van der Waals surface area contributed by atoms with E-state index in [0.29, 0.717) is 29.6 Å². The van der Waals surface area contributed by atoms with Gasteiger partial charge in [0, 0.05) is 17.5 Å². The third-order valence-electron chi connectivity index (χ3n) is 4.62. The highest BCUT2D eigenvalue weighted by Crippen LogP contribution is 2.30. The van der Waals surface area contributed by atoms with Crippen molar-refractivity contribution in [1.82, 2.24) is 5.32 Å². The summed E-state index contributed by atoms with van der Waals surface area (Å²) in [6.07, 6.45) is 3.10. The Kier molecular flexibility index (Phi) is 5.85. The molecule has 4 unspecified atom stereocenters. The lowest BCUT2D eigenvalue weighted by Crippen LogP contribution is -2.47. The lowest BCUT2D eigenvalue weighted by atomic mass is 9.96. The zero-order chi connectivity index (χ0) is 17.2. The van der Waals surface area contributed by atoms with Crippen LogP contribution in [0.25, 0.3) is 0 Å². The van der Waals surface area contributed by atoms with Crippen molar-refractivity contribution in [3.8, 4) is 0 Å². The number of alkyl halides is 1. The Balaban J connectivity index is 1.61. The van der Waals surface area contributed by atoms with Crippen molar-refractivity contribution >= 4 is 21.6 Å². The molecule has 0 saturated carbocycles. The molecule has 134 valence electrons. The Morgan fingerprint density at radius 1 is 1.25 bits per heavy atom. The van der Waals surface area contributed by atoms with Crippen LogP contribution in [-0.4, -0.2) is 44.7 Å². The molecule has 24 heavy (non-hydrogen) atoms. The van der Waals surface area contributed by atoms with Crippen LogP contribution in [0.3, 0.4) is 0 Å². The molecule has 0 amide bonds. The minimum atomic E-state index is -3.20. The van der Waals surface area contributed by atoms with Crippen molar-refractivity contribution in [2.45, 2.75) is 54.3 Å². The highest BCUT2D eigenvalue weighted by Gasteiger charge is 2.32. The smallest absolute Gasteiger partial charge is 0.175 e. The van der Waals surface area contributed by atoms with E-state index < -0.39 is 22.2 Å². The zero-order valence-corrected chi connectivity index (χ0v) is 15.4. The summed E-state index contributed by atoms with van der Waals surface area (Å²) in [4.78, 5) is 0.302. The van der Waals surface area contributed by atoms with Crippen molar-refractivity contribution in [3.05, 3.63) is 29.8 Å². The standard InChI is InChI=1S/C17H24FNO3S2/c1-24(20,21)14-6-4-12(5-7-14)16-9-8-15(18)17(19-16)22-11-13-3-2-10-23-13/h4-7,13,15-17,19H,2-3,8-11H2,1H3. The number of thioether (sulfide) groups is 1. The van der Waals surface area contributed by atoms with Crippen molar-refractivity contribution < 1.29 is 17.5 Å². The molecule has 2 aliphatic heterocycles. The van der Waals surface area contributed by atoms with Gasteiger partial charge in [-0.15, -0.1) is 0 Å². The van der Waals surface area contributed by atoms with Crippen LogP contribution in [0.15, 0.2) is 29.2 Å². The average molecular weight is 374 g/mol. The Morgan fingerprint density at radius 2 is 2.00 bits per heavy atom. The van der Waals surface area contributed by atoms with Crippen LogP contribution in [0.1, 0.15) is 37.3 Å². The number of ether oxygens (including phenoxy) is 1. The van der Waals surface area contributed by atoms with E-state index in [1.807, 2.05) is 11.8 Å². The molecule has 4 nitrogen and oxygen atoms in total. The SMILES string of the molecule is CS(=O)(=O)c1ccc(C2CCC(F)C(OCC3CCCS3)N2)cc1. The van der Waals surface area contributed by atoms with Gasteiger partial charge in [-0.25, -0.2) is 12.8 Å². The van der Waals surface area contributed by atoms with E-state index in [1.54, 1.807) is 24.3 Å². The molecule has 2 saturated heterocycles. The molecule has 0 aliphatic carbocycles. The molecule has 2 fully saturated rings. The zero-order valence-electron chi connectivity index (χ0n) is 13.8. The predicted molar refractivity (Wildman–Crippen MR) is 94.8 cm³/mol. The second-order valence-corrected chi connectivity index (χ2v) is 9.97. The number of rotatable bonds is 5. The number of sulfone groups is 1. The minimum absolute atomic E-state index is 0.00755.